The number of benzene rings is 3. The van der Waals surface area contributed by atoms with Crippen LogP contribution < -0.4 is 9.80 Å². The van der Waals surface area contributed by atoms with Gasteiger partial charge < -0.3 is 14.9 Å². The molecule has 2 aliphatic rings. The molecule has 0 bridgehead atoms. The Morgan fingerprint density at radius 3 is 1.54 bits per heavy atom. The Kier molecular flexibility index (Phi) is 15.5. The molecule has 1 atom stereocenters. The Balaban J connectivity index is 0.000000266. The molecular formula is C35H47ClN2OPRu. The van der Waals surface area contributed by atoms with Gasteiger partial charge in [0.1, 0.15) is 0 Å². The average Bonchev–Trinajstić information content (AvgIpc) is 3.39. The second-order valence-corrected chi connectivity index (χ2v) is 12.1. The summed E-state index contributed by atoms with van der Waals surface area (Å²) in [7, 11) is 7.47. The maximum absolute atomic E-state index is 9.00. The predicted molar refractivity (Wildman–Crippen MR) is 180 cm³/mol. The summed E-state index contributed by atoms with van der Waals surface area (Å²) in [5.74, 6) is 0.222. The molecule has 3 aromatic carbocycles. The van der Waals surface area contributed by atoms with Crippen molar-refractivity contribution < 1.29 is 22.4 Å². The third-order valence-electron chi connectivity index (χ3n) is 7.47. The summed E-state index contributed by atoms with van der Waals surface area (Å²) in [6.07, 6.45) is 8.68. The van der Waals surface area contributed by atoms with Gasteiger partial charge >= 0.3 is 27.0 Å². The predicted octanol–water partition coefficient (Wildman–Crippen LogP) is 9.70. The standard InChI is InChI=1S/C21H27N2.C8H7O.C6H13P.ClH.Ru/c1-14-9-16(3)20(17(4)10-14)22-7-8-23(13-22)21-18(5)11-15(2)12-19(21)6;1-2-7-5-3-4-6-8(7)9;7-6-4-2-1-3-5-6;;/h9-13H,7-8H2,1-6H3;1-6,9H;6H,1-5,7H2;1H;/q2*-1;;;+3/p-1. The number of phenols is 1. The molecule has 3 aromatic rings. The number of anilines is 2. The van der Waals surface area contributed by atoms with E-state index in [2.05, 4.69) is 101 Å². The van der Waals surface area contributed by atoms with Crippen molar-refractivity contribution in [3.8, 4) is 5.75 Å². The molecule has 1 saturated heterocycles. The van der Waals surface area contributed by atoms with E-state index in [4.69, 9.17) is 11.7 Å². The summed E-state index contributed by atoms with van der Waals surface area (Å²) in [6.45, 7) is 22.7. The summed E-state index contributed by atoms with van der Waals surface area (Å²) in [6, 6.07) is 16.0. The third kappa shape index (κ3) is 10.7. The summed E-state index contributed by atoms with van der Waals surface area (Å²) in [4.78, 5) is 4.81. The van der Waals surface area contributed by atoms with E-state index >= 15 is 0 Å². The van der Waals surface area contributed by atoms with E-state index in [1.165, 1.54) is 82.9 Å². The van der Waals surface area contributed by atoms with Gasteiger partial charge in [-0.1, -0.05) is 66.8 Å². The fourth-order valence-corrected chi connectivity index (χ4v) is 6.32. The molecule has 1 N–H and O–H groups in total. The van der Waals surface area contributed by atoms with Gasteiger partial charge in [-0.05, 0) is 88.4 Å². The fraction of sp³-hybridized carbons (Fsp3) is 0.400. The SMILES string of the molecule is Cc1cc(C)c(N2[CH-]N(c3c(C)cc(C)cc3C)CC2)c(C)c1.PC1CCCCC1.[CH-]=Cc1ccccc1O.[Cl][Ru+2]. The number of rotatable bonds is 3. The first-order valence-corrected chi connectivity index (χ1v) is 17.3. The van der Waals surface area contributed by atoms with Crippen molar-refractivity contribution in [2.45, 2.75) is 79.3 Å². The first-order valence-electron chi connectivity index (χ1n) is 14.4. The second-order valence-electron chi connectivity index (χ2n) is 11.1. The Hall–Kier alpha value is -1.86. The number of nitrogens with zero attached hydrogens (tertiary/aromatic N) is 2. The van der Waals surface area contributed by atoms with Crippen LogP contribution in [0.2, 0.25) is 0 Å². The molecule has 223 valence electrons. The number of aryl methyl sites for hydroxylation is 6. The molecule has 6 heteroatoms. The van der Waals surface area contributed by atoms with Gasteiger partial charge in [-0.15, -0.1) is 20.9 Å². The fourth-order valence-electron chi connectivity index (χ4n) is 5.85. The van der Waals surface area contributed by atoms with Gasteiger partial charge in [-0.2, -0.15) is 6.67 Å². The van der Waals surface area contributed by atoms with Crippen LogP contribution in [0, 0.1) is 54.8 Å². The molecule has 1 aliphatic heterocycles. The first kappa shape index (κ1) is 35.3. The van der Waals surface area contributed by atoms with Crippen molar-refractivity contribution in [2.75, 3.05) is 22.9 Å². The van der Waals surface area contributed by atoms with Gasteiger partial charge in [-0.3, -0.25) is 6.58 Å². The van der Waals surface area contributed by atoms with Crippen molar-refractivity contribution >= 4 is 36.4 Å². The van der Waals surface area contributed by atoms with E-state index in [-0.39, 0.29) is 5.75 Å². The maximum atomic E-state index is 9.00. The summed E-state index contributed by atoms with van der Waals surface area (Å²) in [5.41, 5.74) is 12.5. The normalized spacial score (nSPS) is 14.6. The van der Waals surface area contributed by atoms with Crippen LogP contribution in [0.15, 0.2) is 48.5 Å². The quantitative estimate of drug-likeness (QED) is 0.170. The zero-order chi connectivity index (χ0) is 30.5. The van der Waals surface area contributed by atoms with Crippen LogP contribution >= 0.6 is 18.9 Å². The third-order valence-corrected chi connectivity index (χ3v) is 8.14. The van der Waals surface area contributed by atoms with E-state index in [1.807, 2.05) is 23.4 Å². The van der Waals surface area contributed by atoms with Gasteiger partial charge in [-0.25, -0.2) is 6.08 Å². The van der Waals surface area contributed by atoms with E-state index in [9.17, 15) is 0 Å². The van der Waals surface area contributed by atoms with Crippen LogP contribution in [0.4, 0.5) is 11.4 Å². The summed E-state index contributed by atoms with van der Waals surface area (Å²) >= 11 is 1.82. The number of halogens is 1. The van der Waals surface area contributed by atoms with E-state index in [1.54, 1.807) is 18.2 Å². The van der Waals surface area contributed by atoms with Crippen LogP contribution in [0.25, 0.3) is 6.08 Å². The zero-order valence-corrected chi connectivity index (χ0v) is 29.2. The first-order chi connectivity index (χ1) is 19.6. The minimum absolute atomic E-state index is 0.222. The van der Waals surface area contributed by atoms with Crippen LogP contribution in [0.5, 0.6) is 5.75 Å². The molecule has 0 amide bonds. The van der Waals surface area contributed by atoms with Crippen LogP contribution in [0.1, 0.15) is 71.0 Å². The monoisotopic (exact) mass is 679 g/mol. The summed E-state index contributed by atoms with van der Waals surface area (Å²) < 4.78 is 0. The van der Waals surface area contributed by atoms with Gasteiger partial charge in [0.25, 0.3) is 0 Å². The molecule has 5 rings (SSSR count). The number of hydrogen-bond donors (Lipinski definition) is 1. The number of phenolic OH excluding ortho intramolecular Hbond substituents is 1. The molecule has 3 nitrogen and oxygen atoms in total. The van der Waals surface area contributed by atoms with Gasteiger partial charge in [0, 0.05) is 30.2 Å². The molecule has 1 heterocycles. The van der Waals surface area contributed by atoms with E-state index < -0.39 is 0 Å². The molecule has 1 saturated carbocycles. The molecule has 1 unspecified atom stereocenters. The minimum atomic E-state index is 0.222. The van der Waals surface area contributed by atoms with E-state index in [0.717, 1.165) is 18.7 Å². The Morgan fingerprint density at radius 2 is 1.22 bits per heavy atom. The van der Waals surface area contributed by atoms with Crippen molar-refractivity contribution in [3.63, 3.8) is 0 Å². The molecule has 0 spiro atoms. The summed E-state index contributed by atoms with van der Waals surface area (Å²) in [5, 5.41) is 9.00. The van der Waals surface area contributed by atoms with Crippen LogP contribution in [-0.2, 0) is 17.3 Å². The number of aromatic hydroxyl groups is 1. The molecule has 1 aliphatic carbocycles. The van der Waals surface area contributed by atoms with Gasteiger partial charge in [0.15, 0.2) is 0 Å². The topological polar surface area (TPSA) is 26.7 Å². The van der Waals surface area contributed by atoms with Gasteiger partial charge in [0.05, 0.1) is 0 Å². The van der Waals surface area contributed by atoms with Crippen molar-refractivity contribution in [1.29, 1.82) is 0 Å². The Morgan fingerprint density at radius 1 is 0.805 bits per heavy atom. The zero-order valence-electron chi connectivity index (χ0n) is 25.5. The average molecular weight is 679 g/mol. The van der Waals surface area contributed by atoms with Crippen LogP contribution in [-0.4, -0.2) is 23.9 Å². The molecular weight excluding hydrogens is 632 g/mol. The van der Waals surface area contributed by atoms with Crippen molar-refractivity contribution in [1.82, 2.24) is 0 Å². The number of hydrogen-bond acceptors (Lipinski definition) is 3. The van der Waals surface area contributed by atoms with Crippen molar-refractivity contribution in [3.05, 3.63) is 101 Å². The van der Waals surface area contributed by atoms with Crippen LogP contribution in [0.3, 0.4) is 0 Å². The molecule has 0 aromatic heterocycles. The molecule has 0 radical (unpaired) electrons. The molecule has 2 fully saturated rings. The van der Waals surface area contributed by atoms with E-state index in [0.29, 0.717) is 5.56 Å². The Labute approximate surface area is 266 Å². The Bertz CT molecular complexity index is 1150. The molecule has 41 heavy (non-hydrogen) atoms. The van der Waals surface area contributed by atoms with Gasteiger partial charge in [0.2, 0.25) is 0 Å². The second kappa shape index (κ2) is 18.0. The van der Waals surface area contributed by atoms with Crippen molar-refractivity contribution in [2.24, 2.45) is 0 Å². The number of para-hydroxylation sites is 1.